The summed E-state index contributed by atoms with van der Waals surface area (Å²) in [4.78, 5) is 4.05. The average Bonchev–Trinajstić information content (AvgIpc) is 3.28. The monoisotopic (exact) mass is 406 g/mol. The Morgan fingerprint density at radius 2 is 1.96 bits per heavy atom. The van der Waals surface area contributed by atoms with Crippen molar-refractivity contribution in [3.8, 4) is 5.06 Å². The van der Waals surface area contributed by atoms with Gasteiger partial charge in [0.1, 0.15) is 6.10 Å². The van der Waals surface area contributed by atoms with Crippen molar-refractivity contribution in [1.29, 1.82) is 0 Å². The molecule has 1 unspecified atom stereocenters. The number of benzene rings is 1. The van der Waals surface area contributed by atoms with E-state index in [1.807, 2.05) is 12.1 Å². The number of thiophene rings is 1. The third kappa shape index (κ3) is 3.92. The second-order valence-corrected chi connectivity index (χ2v) is 10.6. The Morgan fingerprint density at radius 3 is 2.67 bits per heavy atom. The van der Waals surface area contributed by atoms with E-state index >= 15 is 0 Å². The molecule has 1 saturated heterocycles. The first-order chi connectivity index (χ1) is 12.9. The number of hydrogen-bond donors (Lipinski definition) is 0. The largest absolute Gasteiger partial charge is 0.479 e. The summed E-state index contributed by atoms with van der Waals surface area (Å²) in [5.74, 6) is 0. The molecule has 0 N–H and O–H groups in total. The molecule has 0 aliphatic carbocycles. The van der Waals surface area contributed by atoms with E-state index in [2.05, 4.69) is 18.7 Å². The first-order valence-electron chi connectivity index (χ1n) is 9.51. The summed E-state index contributed by atoms with van der Waals surface area (Å²) in [5.41, 5.74) is 1.08. The van der Waals surface area contributed by atoms with Crippen molar-refractivity contribution in [3.63, 3.8) is 0 Å². The summed E-state index contributed by atoms with van der Waals surface area (Å²) in [7, 11) is -3.44. The molecule has 2 aromatic rings. The predicted octanol–water partition coefficient (Wildman–Crippen LogP) is 3.36. The molecule has 5 nitrogen and oxygen atoms in total. The number of sulfonamides is 1. The number of ether oxygens (including phenoxy) is 1. The molecular formula is C20H26N2O3S2. The van der Waals surface area contributed by atoms with Crippen LogP contribution in [0.15, 0.2) is 41.3 Å². The lowest BCUT2D eigenvalue weighted by molar-refractivity contribution is 0.192. The summed E-state index contributed by atoms with van der Waals surface area (Å²) >= 11 is 1.68. The number of likely N-dealkylation sites (tertiary alicyclic amines) is 1. The molecule has 1 fully saturated rings. The van der Waals surface area contributed by atoms with Crippen LogP contribution in [0.2, 0.25) is 0 Å². The number of rotatable bonds is 5. The van der Waals surface area contributed by atoms with E-state index in [1.54, 1.807) is 39.9 Å². The highest BCUT2D eigenvalue weighted by Crippen LogP contribution is 2.36. The minimum atomic E-state index is -3.44. The molecule has 3 heterocycles. The van der Waals surface area contributed by atoms with Crippen LogP contribution < -0.4 is 4.74 Å². The van der Waals surface area contributed by atoms with Crippen LogP contribution in [0.1, 0.15) is 30.7 Å². The van der Waals surface area contributed by atoms with Crippen molar-refractivity contribution in [2.24, 2.45) is 0 Å². The van der Waals surface area contributed by atoms with E-state index in [-0.39, 0.29) is 6.10 Å². The molecule has 0 radical (unpaired) electrons. The molecular weight excluding hydrogens is 380 g/mol. The van der Waals surface area contributed by atoms with Gasteiger partial charge in [-0.05, 0) is 50.5 Å². The maximum atomic E-state index is 12.9. The first kappa shape index (κ1) is 18.9. The standard InChI is InChI=1S/C20H26N2O3S2/c1-15(2)21-10-8-17(14-21)25-20-12-16-13-22(11-9-19(16)26-20)27(23,24)18-6-4-3-5-7-18/h3-7,12,15,17H,8-11,13-14H2,1-2H3. The van der Waals surface area contributed by atoms with Crippen LogP contribution >= 0.6 is 11.3 Å². The molecule has 4 rings (SSSR count). The zero-order valence-corrected chi connectivity index (χ0v) is 17.4. The van der Waals surface area contributed by atoms with Gasteiger partial charge in [0.25, 0.3) is 0 Å². The fraction of sp³-hybridized carbons (Fsp3) is 0.500. The number of fused-ring (bicyclic) bond motifs is 1. The van der Waals surface area contributed by atoms with Gasteiger partial charge >= 0.3 is 0 Å². The second kappa shape index (κ2) is 7.54. The smallest absolute Gasteiger partial charge is 0.243 e. The topological polar surface area (TPSA) is 49.9 Å². The number of nitrogens with zero attached hydrogens (tertiary/aromatic N) is 2. The molecule has 2 aliphatic heterocycles. The molecule has 146 valence electrons. The average molecular weight is 407 g/mol. The lowest BCUT2D eigenvalue weighted by atomic mass is 10.1. The summed E-state index contributed by atoms with van der Waals surface area (Å²) in [6, 6.07) is 11.3. The van der Waals surface area contributed by atoms with Crippen molar-refractivity contribution < 1.29 is 13.2 Å². The molecule has 0 bridgehead atoms. The van der Waals surface area contributed by atoms with Gasteiger partial charge in [0.15, 0.2) is 5.06 Å². The van der Waals surface area contributed by atoms with Gasteiger partial charge in [0.05, 0.1) is 4.90 Å². The van der Waals surface area contributed by atoms with Gasteiger partial charge in [-0.1, -0.05) is 18.2 Å². The zero-order chi connectivity index (χ0) is 19.0. The van der Waals surface area contributed by atoms with Gasteiger partial charge in [0.2, 0.25) is 10.0 Å². The van der Waals surface area contributed by atoms with E-state index < -0.39 is 10.0 Å². The van der Waals surface area contributed by atoms with Gasteiger partial charge in [-0.15, -0.1) is 11.3 Å². The van der Waals surface area contributed by atoms with Crippen LogP contribution in [0.4, 0.5) is 0 Å². The Kier molecular flexibility index (Phi) is 5.29. The quantitative estimate of drug-likeness (QED) is 0.764. The Bertz CT molecular complexity index is 893. The molecule has 1 aromatic carbocycles. The van der Waals surface area contributed by atoms with Crippen molar-refractivity contribution >= 4 is 21.4 Å². The molecule has 27 heavy (non-hydrogen) atoms. The summed E-state index contributed by atoms with van der Waals surface area (Å²) in [5, 5.41) is 0.926. The van der Waals surface area contributed by atoms with Crippen LogP contribution in [-0.2, 0) is 23.0 Å². The van der Waals surface area contributed by atoms with Crippen LogP contribution in [0.5, 0.6) is 5.06 Å². The minimum absolute atomic E-state index is 0.233. The van der Waals surface area contributed by atoms with Crippen LogP contribution in [-0.4, -0.2) is 49.4 Å². The molecule has 0 spiro atoms. The fourth-order valence-electron chi connectivity index (χ4n) is 3.77. The van der Waals surface area contributed by atoms with E-state index in [0.29, 0.717) is 24.0 Å². The van der Waals surface area contributed by atoms with E-state index in [1.165, 1.54) is 4.88 Å². The summed E-state index contributed by atoms with van der Waals surface area (Å²) in [6.45, 7) is 7.43. The van der Waals surface area contributed by atoms with Crippen molar-refractivity contribution in [2.75, 3.05) is 19.6 Å². The lowest BCUT2D eigenvalue weighted by Crippen LogP contribution is -2.35. The SMILES string of the molecule is CC(C)N1CCC(Oc2cc3c(s2)CCN(S(=O)(=O)c2ccccc2)C3)C1. The van der Waals surface area contributed by atoms with Gasteiger partial charge in [0, 0.05) is 37.1 Å². The van der Waals surface area contributed by atoms with Gasteiger partial charge in [-0.2, -0.15) is 4.31 Å². The van der Waals surface area contributed by atoms with Crippen LogP contribution in [0.3, 0.4) is 0 Å². The maximum absolute atomic E-state index is 12.9. The zero-order valence-electron chi connectivity index (χ0n) is 15.8. The van der Waals surface area contributed by atoms with E-state index in [4.69, 9.17) is 4.74 Å². The third-order valence-corrected chi connectivity index (χ3v) is 8.37. The van der Waals surface area contributed by atoms with Crippen LogP contribution in [0, 0.1) is 0 Å². The fourth-order valence-corrected chi connectivity index (χ4v) is 6.28. The van der Waals surface area contributed by atoms with Crippen molar-refractivity contribution in [3.05, 3.63) is 46.8 Å². The predicted molar refractivity (Wildman–Crippen MR) is 108 cm³/mol. The highest BCUT2D eigenvalue weighted by atomic mass is 32.2. The van der Waals surface area contributed by atoms with Crippen molar-refractivity contribution in [1.82, 2.24) is 9.21 Å². The normalized spacial score (nSPS) is 21.5. The Labute approximate surface area is 165 Å². The van der Waals surface area contributed by atoms with E-state index in [9.17, 15) is 8.42 Å². The number of hydrogen-bond acceptors (Lipinski definition) is 5. The summed E-state index contributed by atoms with van der Waals surface area (Å²) < 4.78 is 33.6. The second-order valence-electron chi connectivity index (χ2n) is 7.53. The first-order valence-corrected chi connectivity index (χ1v) is 11.8. The highest BCUT2D eigenvalue weighted by Gasteiger charge is 2.31. The van der Waals surface area contributed by atoms with E-state index in [0.717, 1.165) is 36.6 Å². The molecule has 0 amide bonds. The minimum Gasteiger partial charge on any atom is -0.479 e. The van der Waals surface area contributed by atoms with Gasteiger partial charge in [-0.25, -0.2) is 8.42 Å². The van der Waals surface area contributed by atoms with Crippen molar-refractivity contribution in [2.45, 2.75) is 50.3 Å². The molecule has 1 aromatic heterocycles. The Morgan fingerprint density at radius 1 is 1.19 bits per heavy atom. The maximum Gasteiger partial charge on any atom is 0.243 e. The Balaban J connectivity index is 1.45. The van der Waals surface area contributed by atoms with Gasteiger partial charge < -0.3 is 4.74 Å². The molecule has 2 aliphatic rings. The summed E-state index contributed by atoms with van der Waals surface area (Å²) in [6.07, 6.45) is 2.03. The Hall–Kier alpha value is -1.41. The van der Waals surface area contributed by atoms with Gasteiger partial charge in [-0.3, -0.25) is 4.90 Å². The molecule has 7 heteroatoms. The lowest BCUT2D eigenvalue weighted by Gasteiger charge is -2.26. The van der Waals surface area contributed by atoms with Crippen LogP contribution in [0.25, 0.3) is 0 Å². The third-order valence-electron chi connectivity index (χ3n) is 5.38. The molecule has 0 saturated carbocycles. The highest BCUT2D eigenvalue weighted by molar-refractivity contribution is 7.89. The molecule has 1 atom stereocenters.